The van der Waals surface area contributed by atoms with E-state index in [9.17, 15) is 13.2 Å². The highest BCUT2D eigenvalue weighted by Gasteiger charge is 2.18. The molecule has 0 saturated carbocycles. The molecule has 0 aliphatic carbocycles. The molecule has 3 rings (SSSR count). The topological polar surface area (TPSA) is 78.8 Å². The van der Waals surface area contributed by atoms with Crippen LogP contribution in [0.2, 0.25) is 0 Å². The van der Waals surface area contributed by atoms with Crippen LogP contribution < -0.4 is 5.43 Å². The van der Waals surface area contributed by atoms with Crippen LogP contribution in [-0.2, 0) is 10.0 Å². The van der Waals surface area contributed by atoms with Crippen molar-refractivity contribution in [2.24, 2.45) is 5.10 Å². The Hall–Kier alpha value is -3.03. The molecule has 7 heteroatoms. The molecule has 0 aliphatic heterocycles. The molecule has 0 aromatic heterocycles. The van der Waals surface area contributed by atoms with Crippen LogP contribution in [0.5, 0.6) is 0 Å². The maximum Gasteiger partial charge on any atom is 0.271 e. The molecule has 144 valence electrons. The largest absolute Gasteiger partial charge is 0.271 e. The predicted octanol–water partition coefficient (Wildman–Crippen LogP) is 3.24. The van der Waals surface area contributed by atoms with Gasteiger partial charge in [-0.3, -0.25) is 4.79 Å². The lowest BCUT2D eigenvalue weighted by atomic mass is 10.0. The van der Waals surface area contributed by atoms with Gasteiger partial charge in [0.25, 0.3) is 5.91 Å². The van der Waals surface area contributed by atoms with E-state index in [1.807, 2.05) is 42.5 Å². The molecule has 1 amide bonds. The number of carbonyl (C=O) groups excluding carboxylic acids is 1. The van der Waals surface area contributed by atoms with Gasteiger partial charge < -0.3 is 0 Å². The van der Waals surface area contributed by atoms with Crippen LogP contribution in [0.15, 0.2) is 76.7 Å². The average Bonchev–Trinajstić information content (AvgIpc) is 2.71. The zero-order valence-corrected chi connectivity index (χ0v) is 16.7. The fourth-order valence-corrected chi connectivity index (χ4v) is 3.63. The van der Waals surface area contributed by atoms with Crippen molar-refractivity contribution in [1.82, 2.24) is 9.73 Å². The van der Waals surface area contributed by atoms with Gasteiger partial charge in [0.1, 0.15) is 0 Å². The number of hydrogen-bond acceptors (Lipinski definition) is 4. The van der Waals surface area contributed by atoms with E-state index in [2.05, 4.69) is 10.5 Å². The molecule has 6 nitrogen and oxygen atoms in total. The van der Waals surface area contributed by atoms with Crippen molar-refractivity contribution < 1.29 is 13.2 Å². The third-order valence-corrected chi connectivity index (χ3v) is 6.18. The van der Waals surface area contributed by atoms with Crippen LogP contribution in [0, 0.1) is 0 Å². The van der Waals surface area contributed by atoms with E-state index in [4.69, 9.17) is 0 Å². The second-order valence-corrected chi connectivity index (χ2v) is 8.67. The highest BCUT2D eigenvalue weighted by molar-refractivity contribution is 7.89. The van der Waals surface area contributed by atoms with Gasteiger partial charge in [-0.05, 0) is 47.5 Å². The average molecular weight is 395 g/mol. The highest BCUT2D eigenvalue weighted by atomic mass is 32.2. The lowest BCUT2D eigenvalue weighted by molar-refractivity contribution is 0.0954. The molecule has 3 aromatic carbocycles. The number of benzene rings is 3. The van der Waals surface area contributed by atoms with Gasteiger partial charge in [-0.1, -0.05) is 42.5 Å². The van der Waals surface area contributed by atoms with Crippen LogP contribution in [0.3, 0.4) is 0 Å². The van der Waals surface area contributed by atoms with Gasteiger partial charge >= 0.3 is 0 Å². The zero-order valence-electron chi connectivity index (χ0n) is 15.9. The molecular weight excluding hydrogens is 374 g/mol. The van der Waals surface area contributed by atoms with E-state index in [0.717, 1.165) is 20.6 Å². The highest BCUT2D eigenvalue weighted by Crippen LogP contribution is 2.17. The molecule has 1 N–H and O–H groups in total. The summed E-state index contributed by atoms with van der Waals surface area (Å²) >= 11 is 0. The van der Waals surface area contributed by atoms with E-state index in [1.165, 1.54) is 32.3 Å². The first kappa shape index (κ1) is 19.7. The first-order valence-electron chi connectivity index (χ1n) is 8.65. The summed E-state index contributed by atoms with van der Waals surface area (Å²) in [6.07, 6.45) is 0. The van der Waals surface area contributed by atoms with Gasteiger partial charge in [-0.15, -0.1) is 0 Å². The van der Waals surface area contributed by atoms with Crippen LogP contribution in [0.25, 0.3) is 10.8 Å². The zero-order chi connectivity index (χ0) is 20.3. The Bertz CT molecular complexity index is 1170. The van der Waals surface area contributed by atoms with E-state index < -0.39 is 15.9 Å². The Balaban J connectivity index is 1.80. The molecule has 3 aromatic rings. The van der Waals surface area contributed by atoms with Gasteiger partial charge in [0.15, 0.2) is 0 Å². The minimum absolute atomic E-state index is 0.0559. The minimum Gasteiger partial charge on any atom is -0.267 e. The third-order valence-electron chi connectivity index (χ3n) is 4.37. The third kappa shape index (κ3) is 4.11. The molecule has 0 aliphatic rings. The van der Waals surface area contributed by atoms with Gasteiger partial charge in [0.05, 0.1) is 10.6 Å². The van der Waals surface area contributed by atoms with Crippen molar-refractivity contribution in [1.29, 1.82) is 0 Å². The molecule has 0 spiro atoms. The summed E-state index contributed by atoms with van der Waals surface area (Å²) in [6, 6.07) is 19.8. The van der Waals surface area contributed by atoms with Crippen LogP contribution in [-0.4, -0.2) is 38.4 Å². The predicted molar refractivity (Wildman–Crippen MR) is 111 cm³/mol. The molecule has 0 fully saturated rings. The number of nitrogens with one attached hydrogen (secondary N) is 1. The van der Waals surface area contributed by atoms with Gasteiger partial charge in [0.2, 0.25) is 10.0 Å². The Morgan fingerprint density at radius 3 is 2.32 bits per heavy atom. The van der Waals surface area contributed by atoms with Crippen LogP contribution in [0.4, 0.5) is 0 Å². The maximum atomic E-state index is 12.4. The summed E-state index contributed by atoms with van der Waals surface area (Å²) in [5.74, 6) is -0.476. The van der Waals surface area contributed by atoms with Crippen molar-refractivity contribution in [3.05, 3.63) is 77.9 Å². The second-order valence-electron chi connectivity index (χ2n) is 6.52. The minimum atomic E-state index is -3.61. The summed E-state index contributed by atoms with van der Waals surface area (Å²) in [5.41, 5.74) is 4.25. The van der Waals surface area contributed by atoms with Gasteiger partial charge in [-0.25, -0.2) is 18.1 Å². The Morgan fingerprint density at radius 1 is 0.893 bits per heavy atom. The summed E-state index contributed by atoms with van der Waals surface area (Å²) in [7, 11) is -0.723. The first-order chi connectivity index (χ1) is 13.3. The molecule has 0 bridgehead atoms. The number of rotatable bonds is 5. The SMILES string of the molecule is C/C(=N/NC(=O)c1cccc(S(=O)(=O)N(C)C)c1)c1ccc2ccccc2c1. The number of hydrazone groups is 1. The summed E-state index contributed by atoms with van der Waals surface area (Å²) < 4.78 is 25.6. The number of carbonyl (C=O) groups is 1. The van der Waals surface area contributed by atoms with Crippen molar-refractivity contribution >= 4 is 32.4 Å². The quantitative estimate of drug-likeness (QED) is 0.532. The molecule has 0 atom stereocenters. The van der Waals surface area contributed by atoms with Gasteiger partial charge in [0, 0.05) is 19.7 Å². The van der Waals surface area contributed by atoms with E-state index >= 15 is 0 Å². The van der Waals surface area contributed by atoms with Crippen LogP contribution in [0.1, 0.15) is 22.8 Å². The molecule has 28 heavy (non-hydrogen) atoms. The number of hydrogen-bond donors (Lipinski definition) is 1. The summed E-state index contributed by atoms with van der Waals surface area (Å²) in [6.45, 7) is 1.80. The van der Waals surface area contributed by atoms with Crippen molar-refractivity contribution in [3.63, 3.8) is 0 Å². The van der Waals surface area contributed by atoms with Crippen molar-refractivity contribution in [2.75, 3.05) is 14.1 Å². The van der Waals surface area contributed by atoms with Crippen LogP contribution >= 0.6 is 0 Å². The molecule has 0 radical (unpaired) electrons. The van der Waals surface area contributed by atoms with Gasteiger partial charge in [-0.2, -0.15) is 5.10 Å². The number of fused-ring (bicyclic) bond motifs is 1. The molecule has 0 saturated heterocycles. The van der Waals surface area contributed by atoms with Crippen molar-refractivity contribution in [3.8, 4) is 0 Å². The first-order valence-corrected chi connectivity index (χ1v) is 10.1. The fourth-order valence-electron chi connectivity index (χ4n) is 2.69. The number of sulfonamides is 1. The Kier molecular flexibility index (Phi) is 5.58. The smallest absolute Gasteiger partial charge is 0.267 e. The number of amides is 1. The lowest BCUT2D eigenvalue weighted by Crippen LogP contribution is -2.23. The van der Waals surface area contributed by atoms with E-state index in [1.54, 1.807) is 13.0 Å². The molecular formula is C21H21N3O3S. The van der Waals surface area contributed by atoms with E-state index in [0.29, 0.717) is 5.71 Å². The lowest BCUT2D eigenvalue weighted by Gasteiger charge is -2.12. The van der Waals surface area contributed by atoms with E-state index in [-0.39, 0.29) is 10.5 Å². The molecule has 0 unspecified atom stereocenters. The molecule has 0 heterocycles. The Labute approximate surface area is 164 Å². The fraction of sp³-hybridized carbons (Fsp3) is 0.143. The monoisotopic (exact) mass is 395 g/mol. The normalized spacial score (nSPS) is 12.4. The van der Waals surface area contributed by atoms with Crippen molar-refractivity contribution in [2.45, 2.75) is 11.8 Å². The second kappa shape index (κ2) is 7.92. The standard InChI is InChI=1S/C21H21N3O3S/c1-15(17-12-11-16-7-4-5-8-18(16)13-17)22-23-21(25)19-9-6-10-20(14-19)28(26,27)24(2)3/h4-14H,1-3H3,(H,23,25)/b22-15-. The maximum absolute atomic E-state index is 12.4. The Morgan fingerprint density at radius 2 is 1.61 bits per heavy atom. The summed E-state index contributed by atoms with van der Waals surface area (Å²) in [5, 5.41) is 6.37. The number of nitrogens with zero attached hydrogens (tertiary/aromatic N) is 2. The summed E-state index contributed by atoms with van der Waals surface area (Å²) in [4.78, 5) is 12.5.